The first-order valence-corrected chi connectivity index (χ1v) is 10.4. The summed E-state index contributed by atoms with van der Waals surface area (Å²) >= 11 is 0. The van der Waals surface area contributed by atoms with Crippen molar-refractivity contribution in [2.24, 2.45) is 5.41 Å². The normalized spacial score (nSPS) is 20.2. The van der Waals surface area contributed by atoms with E-state index < -0.39 is 21.5 Å². The molecule has 1 aliphatic heterocycles. The highest BCUT2D eigenvalue weighted by Crippen LogP contribution is 2.30. The molecule has 136 valence electrons. The number of hydrogen-bond acceptors (Lipinski definition) is 5. The standard InChI is InChI=1S/C16H32N2O4S/c1-4-5-10-23(21,22)12-15(20)17-13-16(3)6-8-18(9-7-16)11-14(2)19/h14,19H,4-13H2,1-3H3,(H,17,20). The van der Waals surface area contributed by atoms with Gasteiger partial charge in [-0.2, -0.15) is 0 Å². The quantitative estimate of drug-likeness (QED) is 0.644. The summed E-state index contributed by atoms with van der Waals surface area (Å²) in [7, 11) is -3.29. The second-order valence-electron chi connectivity index (χ2n) is 7.18. The van der Waals surface area contributed by atoms with Gasteiger partial charge in [-0.05, 0) is 44.7 Å². The van der Waals surface area contributed by atoms with Gasteiger partial charge >= 0.3 is 0 Å². The summed E-state index contributed by atoms with van der Waals surface area (Å²) in [5, 5.41) is 12.2. The molecule has 1 saturated heterocycles. The topological polar surface area (TPSA) is 86.7 Å². The molecule has 1 unspecified atom stereocenters. The van der Waals surface area contributed by atoms with E-state index in [1.807, 2.05) is 6.92 Å². The zero-order chi connectivity index (χ0) is 17.5. The van der Waals surface area contributed by atoms with Gasteiger partial charge < -0.3 is 15.3 Å². The van der Waals surface area contributed by atoms with Crippen LogP contribution in [-0.2, 0) is 14.6 Å². The maximum Gasteiger partial charge on any atom is 0.235 e. The highest BCUT2D eigenvalue weighted by Gasteiger charge is 2.31. The minimum absolute atomic E-state index is 0.00195. The molecule has 1 atom stereocenters. The first-order valence-electron chi connectivity index (χ1n) is 8.53. The fraction of sp³-hybridized carbons (Fsp3) is 0.938. The Balaban J connectivity index is 2.35. The molecule has 0 saturated carbocycles. The molecule has 1 rings (SSSR count). The number of amides is 1. The van der Waals surface area contributed by atoms with Gasteiger partial charge in [0.15, 0.2) is 9.84 Å². The molecule has 0 bridgehead atoms. The Morgan fingerprint density at radius 2 is 1.96 bits per heavy atom. The summed E-state index contributed by atoms with van der Waals surface area (Å²) in [5.41, 5.74) is -0.00195. The molecular formula is C16H32N2O4S. The van der Waals surface area contributed by atoms with E-state index in [0.717, 1.165) is 32.4 Å². The van der Waals surface area contributed by atoms with Gasteiger partial charge in [-0.25, -0.2) is 8.42 Å². The van der Waals surface area contributed by atoms with E-state index in [1.165, 1.54) is 0 Å². The Bertz CT molecular complexity index is 468. The molecule has 1 fully saturated rings. The van der Waals surface area contributed by atoms with Crippen molar-refractivity contribution in [3.8, 4) is 0 Å². The minimum Gasteiger partial charge on any atom is -0.392 e. The van der Waals surface area contributed by atoms with E-state index in [4.69, 9.17) is 0 Å². The van der Waals surface area contributed by atoms with Gasteiger partial charge in [0, 0.05) is 13.1 Å². The van der Waals surface area contributed by atoms with Crippen LogP contribution < -0.4 is 5.32 Å². The number of unbranched alkanes of at least 4 members (excludes halogenated alkanes) is 1. The van der Waals surface area contributed by atoms with Gasteiger partial charge in [-0.3, -0.25) is 4.79 Å². The van der Waals surface area contributed by atoms with Crippen LogP contribution in [0, 0.1) is 5.41 Å². The lowest BCUT2D eigenvalue weighted by molar-refractivity contribution is -0.119. The number of nitrogens with one attached hydrogen (secondary N) is 1. The molecule has 6 nitrogen and oxygen atoms in total. The number of nitrogens with zero attached hydrogens (tertiary/aromatic N) is 1. The third-order valence-electron chi connectivity index (χ3n) is 4.46. The number of sulfone groups is 1. The predicted molar refractivity (Wildman–Crippen MR) is 92.0 cm³/mol. The maximum atomic E-state index is 11.9. The van der Waals surface area contributed by atoms with Gasteiger partial charge in [-0.1, -0.05) is 20.3 Å². The lowest BCUT2D eigenvalue weighted by Gasteiger charge is -2.39. The van der Waals surface area contributed by atoms with E-state index in [1.54, 1.807) is 6.92 Å². The number of likely N-dealkylation sites (tertiary alicyclic amines) is 1. The molecule has 2 N–H and O–H groups in total. The highest BCUT2D eigenvalue weighted by atomic mass is 32.2. The van der Waals surface area contributed by atoms with Gasteiger partial charge in [0.1, 0.15) is 5.75 Å². The van der Waals surface area contributed by atoms with Crippen molar-refractivity contribution < 1.29 is 18.3 Å². The fourth-order valence-electron chi connectivity index (χ4n) is 2.83. The number of rotatable bonds is 9. The Labute approximate surface area is 140 Å². The number of aliphatic hydroxyl groups is 1. The van der Waals surface area contributed by atoms with Gasteiger partial charge in [-0.15, -0.1) is 0 Å². The van der Waals surface area contributed by atoms with E-state index in [-0.39, 0.29) is 17.3 Å². The lowest BCUT2D eigenvalue weighted by Crippen LogP contribution is -2.47. The molecule has 1 amide bonds. The van der Waals surface area contributed by atoms with Crippen molar-refractivity contribution in [1.29, 1.82) is 0 Å². The average Bonchev–Trinajstić information content (AvgIpc) is 2.45. The summed E-state index contributed by atoms with van der Waals surface area (Å²) < 4.78 is 23.6. The van der Waals surface area contributed by atoms with Crippen LogP contribution in [0.15, 0.2) is 0 Å². The molecule has 23 heavy (non-hydrogen) atoms. The monoisotopic (exact) mass is 348 g/mol. The van der Waals surface area contributed by atoms with E-state index in [9.17, 15) is 18.3 Å². The van der Waals surface area contributed by atoms with Crippen molar-refractivity contribution in [3.63, 3.8) is 0 Å². The summed E-state index contributed by atoms with van der Waals surface area (Å²) in [5.74, 6) is -0.714. The first kappa shape index (κ1) is 20.4. The molecule has 0 aromatic heterocycles. The molecule has 7 heteroatoms. The third kappa shape index (κ3) is 8.13. The van der Waals surface area contributed by atoms with Gasteiger partial charge in [0.2, 0.25) is 5.91 Å². The van der Waals surface area contributed by atoms with Crippen molar-refractivity contribution in [2.45, 2.75) is 52.6 Å². The number of carbonyl (C=O) groups excluding carboxylic acids is 1. The van der Waals surface area contributed by atoms with Crippen LogP contribution in [0.3, 0.4) is 0 Å². The second-order valence-corrected chi connectivity index (χ2v) is 9.37. The van der Waals surface area contributed by atoms with Crippen LogP contribution >= 0.6 is 0 Å². The Morgan fingerprint density at radius 1 is 1.35 bits per heavy atom. The average molecular weight is 349 g/mol. The smallest absolute Gasteiger partial charge is 0.235 e. The molecule has 1 heterocycles. The fourth-order valence-corrected chi connectivity index (χ4v) is 4.20. The van der Waals surface area contributed by atoms with Crippen LogP contribution in [0.25, 0.3) is 0 Å². The SMILES string of the molecule is CCCCS(=O)(=O)CC(=O)NCC1(C)CCN(CC(C)O)CC1. The van der Waals surface area contributed by atoms with Crippen molar-refractivity contribution >= 4 is 15.7 Å². The largest absolute Gasteiger partial charge is 0.392 e. The molecule has 0 spiro atoms. The van der Waals surface area contributed by atoms with E-state index >= 15 is 0 Å². The number of carbonyl (C=O) groups is 1. The number of hydrogen-bond donors (Lipinski definition) is 2. The predicted octanol–water partition coefficient (Wildman–Crippen LogP) is 0.800. The summed E-state index contributed by atoms with van der Waals surface area (Å²) in [4.78, 5) is 14.1. The molecule has 0 radical (unpaired) electrons. The lowest BCUT2D eigenvalue weighted by atomic mass is 9.80. The van der Waals surface area contributed by atoms with Crippen LogP contribution in [0.1, 0.15) is 46.5 Å². The molecule has 0 aromatic carbocycles. The van der Waals surface area contributed by atoms with E-state index in [2.05, 4.69) is 17.1 Å². The molecule has 0 aliphatic carbocycles. The Kier molecular flexibility index (Phi) is 7.97. The van der Waals surface area contributed by atoms with Gasteiger partial charge in [0.25, 0.3) is 0 Å². The van der Waals surface area contributed by atoms with Crippen molar-refractivity contribution in [2.75, 3.05) is 37.7 Å². The van der Waals surface area contributed by atoms with Gasteiger partial charge in [0.05, 0.1) is 11.9 Å². The number of β-amino-alcohol motifs (C(OH)–C–C–N with tert-alkyl or cyclic N) is 1. The minimum atomic E-state index is -3.29. The molecule has 1 aliphatic rings. The maximum absolute atomic E-state index is 11.9. The van der Waals surface area contributed by atoms with Crippen LogP contribution in [0.2, 0.25) is 0 Å². The first-order chi connectivity index (χ1) is 10.7. The zero-order valence-corrected chi connectivity index (χ0v) is 15.5. The van der Waals surface area contributed by atoms with Crippen molar-refractivity contribution in [1.82, 2.24) is 10.2 Å². The van der Waals surface area contributed by atoms with Crippen LogP contribution in [0.4, 0.5) is 0 Å². The Morgan fingerprint density at radius 3 is 2.48 bits per heavy atom. The van der Waals surface area contributed by atoms with Crippen LogP contribution in [0.5, 0.6) is 0 Å². The number of piperidine rings is 1. The zero-order valence-electron chi connectivity index (χ0n) is 14.7. The highest BCUT2D eigenvalue weighted by molar-refractivity contribution is 7.92. The second kappa shape index (κ2) is 8.99. The summed E-state index contributed by atoms with van der Waals surface area (Å²) in [6.07, 6.45) is 2.95. The molecule has 0 aromatic rings. The Hall–Kier alpha value is -0.660. The van der Waals surface area contributed by atoms with Crippen molar-refractivity contribution in [3.05, 3.63) is 0 Å². The third-order valence-corrected chi connectivity index (χ3v) is 6.07. The van der Waals surface area contributed by atoms with E-state index in [0.29, 0.717) is 19.5 Å². The number of aliphatic hydroxyl groups excluding tert-OH is 1. The summed E-state index contributed by atoms with van der Waals surface area (Å²) in [6.45, 7) is 8.82. The summed E-state index contributed by atoms with van der Waals surface area (Å²) in [6, 6.07) is 0. The van der Waals surface area contributed by atoms with Crippen LogP contribution in [-0.4, -0.2) is 68.1 Å². The molecular weight excluding hydrogens is 316 g/mol.